The highest BCUT2D eigenvalue weighted by atomic mass is 19.1. The Morgan fingerprint density at radius 3 is 2.83 bits per heavy atom. The first-order valence-corrected chi connectivity index (χ1v) is 5.07. The molecule has 0 aliphatic carbocycles. The fourth-order valence-electron chi connectivity index (χ4n) is 1.50. The lowest BCUT2D eigenvalue weighted by Gasteiger charge is -2.05. The van der Waals surface area contributed by atoms with E-state index in [4.69, 9.17) is 5.11 Å². The van der Waals surface area contributed by atoms with E-state index in [0.717, 1.165) is 10.7 Å². The highest BCUT2D eigenvalue weighted by molar-refractivity contribution is 5.69. The molecule has 1 heterocycles. The predicted molar refractivity (Wildman–Crippen MR) is 57.4 cm³/mol. The lowest BCUT2D eigenvalue weighted by Crippen LogP contribution is -2.04. The molecule has 0 bridgehead atoms. The van der Waals surface area contributed by atoms with Crippen LogP contribution >= 0.6 is 0 Å². The Hall–Kier alpha value is -2.31. The van der Waals surface area contributed by atoms with E-state index >= 15 is 0 Å². The van der Waals surface area contributed by atoms with Crippen molar-refractivity contribution in [3.8, 4) is 5.69 Å². The number of carboxylic acid groups (broad SMARTS) is 1. The van der Waals surface area contributed by atoms with Crippen LogP contribution in [0.4, 0.5) is 8.78 Å². The number of hydrogen-bond acceptors (Lipinski definition) is 3. The molecule has 0 spiro atoms. The van der Waals surface area contributed by atoms with Crippen LogP contribution in [-0.2, 0) is 11.2 Å². The van der Waals surface area contributed by atoms with Crippen LogP contribution < -0.4 is 0 Å². The van der Waals surface area contributed by atoms with Crippen molar-refractivity contribution in [2.45, 2.75) is 13.3 Å². The van der Waals surface area contributed by atoms with Crippen molar-refractivity contribution in [3.63, 3.8) is 0 Å². The van der Waals surface area contributed by atoms with Gasteiger partial charge in [0, 0.05) is 0 Å². The normalized spacial score (nSPS) is 10.6. The number of aliphatic carboxylic acids is 1. The van der Waals surface area contributed by atoms with Gasteiger partial charge in [-0.25, -0.2) is 13.5 Å². The van der Waals surface area contributed by atoms with E-state index in [1.54, 1.807) is 0 Å². The van der Waals surface area contributed by atoms with Crippen molar-refractivity contribution in [3.05, 3.63) is 41.2 Å². The Balaban J connectivity index is 2.46. The summed E-state index contributed by atoms with van der Waals surface area (Å²) in [4.78, 5) is 10.5. The van der Waals surface area contributed by atoms with Gasteiger partial charge >= 0.3 is 5.97 Å². The molecule has 2 aromatic rings. The van der Waals surface area contributed by atoms with E-state index in [0.29, 0.717) is 0 Å². The third kappa shape index (κ3) is 2.20. The summed E-state index contributed by atoms with van der Waals surface area (Å²) in [6.45, 7) is 1.49. The van der Waals surface area contributed by atoms with Gasteiger partial charge in [-0.05, 0) is 18.6 Å². The number of rotatable bonds is 3. The van der Waals surface area contributed by atoms with Crippen molar-refractivity contribution >= 4 is 5.97 Å². The van der Waals surface area contributed by atoms with Gasteiger partial charge < -0.3 is 5.11 Å². The number of benzene rings is 1. The molecule has 5 nitrogen and oxygen atoms in total. The van der Waals surface area contributed by atoms with Crippen LogP contribution in [0, 0.1) is 18.6 Å². The van der Waals surface area contributed by atoms with Gasteiger partial charge in [-0.1, -0.05) is 11.3 Å². The number of hydrogen-bond donors (Lipinski definition) is 1. The van der Waals surface area contributed by atoms with Crippen molar-refractivity contribution < 1.29 is 18.7 Å². The average molecular weight is 253 g/mol. The second kappa shape index (κ2) is 4.52. The molecule has 1 aromatic heterocycles. The highest BCUT2D eigenvalue weighted by Crippen LogP contribution is 2.19. The molecule has 0 radical (unpaired) electrons. The number of halogens is 2. The Morgan fingerprint density at radius 1 is 1.44 bits per heavy atom. The van der Waals surface area contributed by atoms with Gasteiger partial charge in [0.2, 0.25) is 0 Å². The largest absolute Gasteiger partial charge is 0.481 e. The molecule has 0 aliphatic rings. The van der Waals surface area contributed by atoms with Crippen LogP contribution in [0.1, 0.15) is 11.3 Å². The molecule has 7 heteroatoms. The molecule has 0 amide bonds. The first kappa shape index (κ1) is 12.2. The Bertz CT molecular complexity index is 610. The van der Waals surface area contributed by atoms with Gasteiger partial charge in [0.1, 0.15) is 5.69 Å². The zero-order chi connectivity index (χ0) is 13.3. The maximum absolute atomic E-state index is 13.8. The highest BCUT2D eigenvalue weighted by Gasteiger charge is 2.16. The fraction of sp³-hybridized carbons (Fsp3) is 0.182. The number of aryl methyl sites for hydroxylation is 1. The third-order valence-corrected chi connectivity index (χ3v) is 2.36. The number of carboxylic acids is 1. The molecule has 0 saturated carbocycles. The van der Waals surface area contributed by atoms with Gasteiger partial charge in [0.05, 0.1) is 18.3 Å². The third-order valence-electron chi connectivity index (χ3n) is 2.36. The molecule has 0 aliphatic heterocycles. The van der Waals surface area contributed by atoms with Crippen molar-refractivity contribution in [1.29, 1.82) is 0 Å². The molecule has 0 saturated heterocycles. The molecule has 0 fully saturated rings. The minimum absolute atomic E-state index is 0.128. The minimum Gasteiger partial charge on any atom is -0.481 e. The van der Waals surface area contributed by atoms with E-state index in [9.17, 15) is 13.6 Å². The molecular formula is C11H9F2N3O2. The molecule has 94 valence electrons. The molecule has 0 atom stereocenters. The summed E-state index contributed by atoms with van der Waals surface area (Å²) < 4.78 is 28.2. The zero-order valence-electron chi connectivity index (χ0n) is 9.39. The molecule has 1 N–H and O–H groups in total. The molecule has 2 rings (SSSR count). The van der Waals surface area contributed by atoms with Crippen molar-refractivity contribution in [1.82, 2.24) is 15.0 Å². The summed E-state index contributed by atoms with van der Waals surface area (Å²) in [5.41, 5.74) is 0.0311. The maximum Gasteiger partial charge on any atom is 0.309 e. The van der Waals surface area contributed by atoms with E-state index in [2.05, 4.69) is 10.3 Å². The van der Waals surface area contributed by atoms with Gasteiger partial charge in [0.25, 0.3) is 0 Å². The van der Waals surface area contributed by atoms with Crippen LogP contribution in [0.3, 0.4) is 0 Å². The average Bonchev–Trinajstić information content (AvgIpc) is 2.71. The predicted octanol–water partition coefficient (Wildman–Crippen LogP) is 1.48. The fourth-order valence-corrected chi connectivity index (χ4v) is 1.50. The SMILES string of the molecule is Cc1ccc(F)c(-n2cc(CC(=O)O)nn2)c1F. The molecule has 18 heavy (non-hydrogen) atoms. The van der Waals surface area contributed by atoms with Gasteiger partial charge in [-0.3, -0.25) is 4.79 Å². The number of nitrogens with zero attached hydrogens (tertiary/aromatic N) is 3. The second-order valence-electron chi connectivity index (χ2n) is 3.75. The quantitative estimate of drug-likeness (QED) is 0.899. The Morgan fingerprint density at radius 2 is 2.17 bits per heavy atom. The van der Waals surface area contributed by atoms with E-state index < -0.39 is 17.6 Å². The van der Waals surface area contributed by atoms with Crippen LogP contribution in [0.2, 0.25) is 0 Å². The Labute approximate surface area is 101 Å². The molecule has 0 unspecified atom stereocenters. The summed E-state index contributed by atoms with van der Waals surface area (Å²) in [7, 11) is 0. The lowest BCUT2D eigenvalue weighted by molar-refractivity contribution is -0.136. The first-order valence-electron chi connectivity index (χ1n) is 5.07. The summed E-state index contributed by atoms with van der Waals surface area (Å²) in [6.07, 6.45) is 0.837. The Kier molecular flexibility index (Phi) is 3.05. The summed E-state index contributed by atoms with van der Waals surface area (Å²) >= 11 is 0. The lowest BCUT2D eigenvalue weighted by atomic mass is 10.2. The number of aromatic nitrogens is 3. The van der Waals surface area contributed by atoms with E-state index in [-0.39, 0.29) is 23.4 Å². The second-order valence-corrected chi connectivity index (χ2v) is 3.75. The van der Waals surface area contributed by atoms with Crippen molar-refractivity contribution in [2.75, 3.05) is 0 Å². The standard InChI is InChI=1S/C11H9F2N3O2/c1-6-2-3-8(12)11(10(6)13)16-5-7(14-15-16)4-9(17)18/h2-3,5H,4H2,1H3,(H,17,18). The smallest absolute Gasteiger partial charge is 0.309 e. The molecule has 1 aromatic carbocycles. The van der Waals surface area contributed by atoms with Crippen LogP contribution in [0.25, 0.3) is 5.69 Å². The minimum atomic E-state index is -1.09. The van der Waals surface area contributed by atoms with Crippen molar-refractivity contribution in [2.24, 2.45) is 0 Å². The number of carbonyl (C=O) groups is 1. The molecular weight excluding hydrogens is 244 g/mol. The first-order chi connectivity index (χ1) is 8.49. The monoisotopic (exact) mass is 253 g/mol. The topological polar surface area (TPSA) is 68.0 Å². The summed E-state index contributed by atoms with van der Waals surface area (Å²) in [5, 5.41) is 15.6. The zero-order valence-corrected chi connectivity index (χ0v) is 9.39. The maximum atomic E-state index is 13.8. The van der Waals surface area contributed by atoms with E-state index in [1.807, 2.05) is 0 Å². The van der Waals surface area contributed by atoms with Crippen LogP contribution in [-0.4, -0.2) is 26.1 Å². The summed E-state index contributed by atoms with van der Waals surface area (Å²) in [6, 6.07) is 2.43. The van der Waals surface area contributed by atoms with E-state index in [1.165, 1.54) is 19.2 Å². The van der Waals surface area contributed by atoms with Crippen LogP contribution in [0.5, 0.6) is 0 Å². The summed E-state index contributed by atoms with van der Waals surface area (Å²) in [5.74, 6) is -2.63. The van der Waals surface area contributed by atoms with Gasteiger partial charge in [0.15, 0.2) is 11.6 Å². The van der Waals surface area contributed by atoms with Gasteiger partial charge in [-0.2, -0.15) is 0 Å². The van der Waals surface area contributed by atoms with Gasteiger partial charge in [-0.15, -0.1) is 5.10 Å². The van der Waals surface area contributed by atoms with Crippen LogP contribution in [0.15, 0.2) is 18.3 Å².